The molecule has 0 unspecified atom stereocenters. The predicted octanol–water partition coefficient (Wildman–Crippen LogP) is 2.54. The summed E-state index contributed by atoms with van der Waals surface area (Å²) in [6.07, 6.45) is 2.48. The number of amides is 2. The maximum atomic E-state index is 12.6. The van der Waals surface area contributed by atoms with E-state index >= 15 is 0 Å². The average molecular weight is 368 g/mol. The van der Waals surface area contributed by atoms with Gasteiger partial charge in [-0.3, -0.25) is 9.59 Å². The predicted molar refractivity (Wildman–Crippen MR) is 97.7 cm³/mol. The van der Waals surface area contributed by atoms with E-state index in [1.54, 1.807) is 18.7 Å². The highest BCUT2D eigenvalue weighted by Gasteiger charge is 2.35. The minimum absolute atomic E-state index is 0.112. The van der Waals surface area contributed by atoms with Gasteiger partial charge in [0.25, 0.3) is 0 Å². The lowest BCUT2D eigenvalue weighted by atomic mass is 10.1. The molecule has 2 rings (SSSR count). The molecule has 0 aromatic heterocycles. The Morgan fingerprint density at radius 2 is 1.64 bits per heavy atom. The lowest BCUT2D eigenvalue weighted by molar-refractivity contribution is -0.153. The Hall–Kier alpha value is -1.50. The molecule has 2 aliphatic rings. The molecule has 1 saturated heterocycles. The molecule has 2 heterocycles. The molecule has 0 saturated carbocycles. The Morgan fingerprint density at radius 3 is 2.12 bits per heavy atom. The van der Waals surface area contributed by atoms with Gasteiger partial charge in [-0.2, -0.15) is 0 Å². The van der Waals surface area contributed by atoms with Crippen molar-refractivity contribution in [1.82, 2.24) is 9.80 Å². The highest BCUT2D eigenvalue weighted by Crippen LogP contribution is 2.38. The Morgan fingerprint density at radius 1 is 1.04 bits per heavy atom. The van der Waals surface area contributed by atoms with E-state index in [1.807, 2.05) is 25.7 Å². The first-order valence-electron chi connectivity index (χ1n) is 8.75. The second kappa shape index (κ2) is 7.81. The van der Waals surface area contributed by atoms with Crippen LogP contribution < -0.4 is 0 Å². The Bertz CT molecular complexity index is 586. The fraction of sp³-hybridized carbons (Fsp3) is 0.722. The first-order chi connectivity index (χ1) is 11.6. The number of thioether (sulfide) groups is 1. The number of carbonyl (C=O) groups is 3. The number of nitrogens with zero attached hydrogens (tertiary/aromatic N) is 2. The van der Waals surface area contributed by atoms with E-state index in [9.17, 15) is 14.4 Å². The zero-order valence-corrected chi connectivity index (χ0v) is 16.6. The van der Waals surface area contributed by atoms with E-state index in [2.05, 4.69) is 0 Å². The summed E-state index contributed by atoms with van der Waals surface area (Å²) in [5.74, 6) is -0.451. The summed E-state index contributed by atoms with van der Waals surface area (Å²) in [6, 6.07) is 0. The van der Waals surface area contributed by atoms with Crippen LogP contribution in [0.2, 0.25) is 0 Å². The van der Waals surface area contributed by atoms with Crippen LogP contribution in [0.5, 0.6) is 0 Å². The fourth-order valence-corrected chi connectivity index (χ4v) is 4.43. The zero-order chi connectivity index (χ0) is 18.8. The van der Waals surface area contributed by atoms with Gasteiger partial charge in [0.1, 0.15) is 11.3 Å². The first kappa shape index (κ1) is 19.8. The topological polar surface area (TPSA) is 66.9 Å². The van der Waals surface area contributed by atoms with Crippen LogP contribution in [0.1, 0.15) is 53.9 Å². The third-order valence-electron chi connectivity index (χ3n) is 4.27. The van der Waals surface area contributed by atoms with Crippen LogP contribution in [0.4, 0.5) is 0 Å². The number of piperidine rings is 1. The summed E-state index contributed by atoms with van der Waals surface area (Å²) in [4.78, 5) is 40.3. The first-order valence-corrected chi connectivity index (χ1v) is 9.63. The van der Waals surface area contributed by atoms with Crippen molar-refractivity contribution < 1.29 is 19.1 Å². The number of ether oxygens (including phenoxy) is 1. The number of esters is 1. The largest absolute Gasteiger partial charge is 0.455 e. The molecule has 1 fully saturated rings. The van der Waals surface area contributed by atoms with Crippen LogP contribution in [0, 0.1) is 0 Å². The summed E-state index contributed by atoms with van der Waals surface area (Å²) in [5.41, 5.74) is -0.195. The van der Waals surface area contributed by atoms with E-state index in [1.165, 1.54) is 11.8 Å². The van der Waals surface area contributed by atoms with Gasteiger partial charge in [-0.15, -0.1) is 11.8 Å². The van der Waals surface area contributed by atoms with Gasteiger partial charge in [-0.25, -0.2) is 4.79 Å². The molecule has 6 nitrogen and oxygen atoms in total. The maximum absolute atomic E-state index is 12.6. The third kappa shape index (κ3) is 5.23. The fourth-order valence-electron chi connectivity index (χ4n) is 3.06. The van der Waals surface area contributed by atoms with Gasteiger partial charge in [-0.1, -0.05) is 0 Å². The van der Waals surface area contributed by atoms with Crippen LogP contribution in [-0.2, 0) is 19.1 Å². The standard InChI is InChI=1S/C18H28N2O4S/c1-12(21)19-9-6-14(7-10-19)25-15-8-11-20(13(2)22)16(15)17(23)24-18(3,4)5/h14H,6-11H2,1-5H3. The van der Waals surface area contributed by atoms with Crippen molar-refractivity contribution >= 4 is 29.5 Å². The Labute approximate surface area is 153 Å². The molecule has 25 heavy (non-hydrogen) atoms. The van der Waals surface area contributed by atoms with E-state index in [0.29, 0.717) is 23.9 Å². The summed E-state index contributed by atoms with van der Waals surface area (Å²) in [7, 11) is 0. The highest BCUT2D eigenvalue weighted by molar-refractivity contribution is 8.03. The van der Waals surface area contributed by atoms with Crippen LogP contribution in [0.15, 0.2) is 10.6 Å². The van der Waals surface area contributed by atoms with Crippen LogP contribution in [-0.4, -0.2) is 58.1 Å². The van der Waals surface area contributed by atoms with Gasteiger partial charge >= 0.3 is 5.97 Å². The molecule has 0 radical (unpaired) electrons. The van der Waals surface area contributed by atoms with Crippen molar-refractivity contribution in [3.63, 3.8) is 0 Å². The molecule has 7 heteroatoms. The molecule has 0 aromatic carbocycles. The molecular formula is C18H28N2O4S. The van der Waals surface area contributed by atoms with Gasteiger partial charge in [0.15, 0.2) is 0 Å². The third-order valence-corrected chi connectivity index (χ3v) is 5.75. The van der Waals surface area contributed by atoms with E-state index in [-0.39, 0.29) is 11.8 Å². The number of hydrogen-bond donors (Lipinski definition) is 0. The number of hydrogen-bond acceptors (Lipinski definition) is 5. The Balaban J connectivity index is 2.13. The molecule has 0 atom stereocenters. The normalized spacial score (nSPS) is 19.4. The van der Waals surface area contributed by atoms with Crippen molar-refractivity contribution in [3.05, 3.63) is 10.6 Å². The molecular weight excluding hydrogens is 340 g/mol. The van der Waals surface area contributed by atoms with Crippen LogP contribution >= 0.6 is 11.8 Å². The minimum atomic E-state index is -0.599. The second-order valence-electron chi connectivity index (χ2n) is 7.52. The van der Waals surface area contributed by atoms with Gasteiger partial charge in [0.2, 0.25) is 11.8 Å². The van der Waals surface area contributed by atoms with E-state index < -0.39 is 11.6 Å². The lowest BCUT2D eigenvalue weighted by Gasteiger charge is -2.31. The Kier molecular flexibility index (Phi) is 6.19. The van der Waals surface area contributed by atoms with Crippen molar-refractivity contribution in [2.45, 2.75) is 64.7 Å². The quantitative estimate of drug-likeness (QED) is 0.716. The molecule has 0 aromatic rings. The van der Waals surface area contributed by atoms with Crippen LogP contribution in [0.25, 0.3) is 0 Å². The molecule has 2 amide bonds. The molecule has 2 aliphatic heterocycles. The van der Waals surface area contributed by atoms with Gasteiger partial charge in [0.05, 0.1) is 0 Å². The van der Waals surface area contributed by atoms with Crippen molar-refractivity contribution in [3.8, 4) is 0 Å². The van der Waals surface area contributed by atoms with Crippen molar-refractivity contribution in [2.24, 2.45) is 0 Å². The molecule has 0 bridgehead atoms. The summed E-state index contributed by atoms with van der Waals surface area (Å²) in [5, 5.41) is 0.356. The molecule has 0 aliphatic carbocycles. The zero-order valence-electron chi connectivity index (χ0n) is 15.8. The monoisotopic (exact) mass is 368 g/mol. The minimum Gasteiger partial charge on any atom is -0.455 e. The molecule has 0 N–H and O–H groups in total. The average Bonchev–Trinajstić information content (AvgIpc) is 2.90. The van der Waals surface area contributed by atoms with Crippen LogP contribution in [0.3, 0.4) is 0 Å². The highest BCUT2D eigenvalue weighted by atomic mass is 32.2. The number of likely N-dealkylation sites (tertiary alicyclic amines) is 1. The maximum Gasteiger partial charge on any atom is 0.356 e. The summed E-state index contributed by atoms with van der Waals surface area (Å²) >= 11 is 1.67. The summed E-state index contributed by atoms with van der Waals surface area (Å²) in [6.45, 7) is 10.6. The van der Waals surface area contributed by atoms with Gasteiger partial charge in [-0.05, 0) is 40.0 Å². The SMILES string of the molecule is CC(=O)N1CCC(SC2=C(C(=O)OC(C)(C)C)N(C(C)=O)CC2)CC1. The summed E-state index contributed by atoms with van der Waals surface area (Å²) < 4.78 is 5.51. The van der Waals surface area contributed by atoms with E-state index in [4.69, 9.17) is 4.74 Å². The lowest BCUT2D eigenvalue weighted by Crippen LogP contribution is -2.38. The molecule has 0 spiro atoms. The number of carbonyl (C=O) groups excluding carboxylic acids is 3. The van der Waals surface area contributed by atoms with Crippen molar-refractivity contribution in [1.29, 1.82) is 0 Å². The smallest absolute Gasteiger partial charge is 0.356 e. The number of rotatable bonds is 3. The van der Waals surface area contributed by atoms with Crippen molar-refractivity contribution in [2.75, 3.05) is 19.6 Å². The second-order valence-corrected chi connectivity index (χ2v) is 8.91. The van der Waals surface area contributed by atoms with Gasteiger partial charge < -0.3 is 14.5 Å². The van der Waals surface area contributed by atoms with E-state index in [0.717, 1.165) is 30.8 Å². The molecule has 140 valence electrons. The van der Waals surface area contributed by atoms with Gasteiger partial charge in [0, 0.05) is 43.6 Å².